The monoisotopic (exact) mass is 297 g/mol. The Bertz CT molecular complexity index is 192. The van der Waals surface area contributed by atoms with Gasteiger partial charge in [0.2, 0.25) is 0 Å². The van der Waals surface area contributed by atoms with Gasteiger partial charge in [-0.25, -0.2) is 8.93 Å². The van der Waals surface area contributed by atoms with E-state index in [0.29, 0.717) is 6.04 Å². The van der Waals surface area contributed by atoms with Crippen molar-refractivity contribution in [2.45, 2.75) is 64.2 Å². The Kier molecular flexibility index (Phi) is 8.10. The first-order chi connectivity index (χ1) is 6.91. The Balaban J connectivity index is 4.09. The van der Waals surface area contributed by atoms with Crippen LogP contribution < -0.4 is 4.72 Å². The van der Waals surface area contributed by atoms with E-state index in [1.54, 1.807) is 0 Å². The predicted molar refractivity (Wildman–Crippen MR) is 72.8 cm³/mol. The van der Waals surface area contributed by atoms with Gasteiger partial charge in [0.15, 0.2) is 0 Å². The highest BCUT2D eigenvalue weighted by Gasteiger charge is 2.22. The van der Waals surface area contributed by atoms with Crippen molar-refractivity contribution in [3.8, 4) is 0 Å². The Morgan fingerprint density at radius 1 is 1.33 bits per heavy atom. The second kappa shape index (κ2) is 7.80. The van der Waals surface area contributed by atoms with Crippen LogP contribution in [0.25, 0.3) is 0 Å². The van der Waals surface area contributed by atoms with E-state index in [-0.39, 0.29) is 4.75 Å². The van der Waals surface area contributed by atoms with Crippen molar-refractivity contribution in [3.63, 3.8) is 0 Å². The summed E-state index contributed by atoms with van der Waals surface area (Å²) in [4.78, 5) is 0. The normalized spacial score (nSPS) is 16.3. The molecule has 0 aliphatic carbocycles. The fourth-order valence-electron chi connectivity index (χ4n) is 1.26. The van der Waals surface area contributed by atoms with Gasteiger partial charge in [0.25, 0.3) is 0 Å². The molecule has 92 valence electrons. The summed E-state index contributed by atoms with van der Waals surface area (Å²) in [7, 11) is -0.938. The summed E-state index contributed by atoms with van der Waals surface area (Å²) in [6.45, 7) is 8.18. The van der Waals surface area contributed by atoms with Crippen LogP contribution >= 0.6 is 15.9 Å². The molecule has 0 unspecified atom stereocenters. The Hall–Kier alpha value is 0.590. The number of rotatable bonds is 7. The maximum Gasteiger partial charge on any atom is 0.0972 e. The summed E-state index contributed by atoms with van der Waals surface area (Å²) in [6, 6.07) is 0.396. The first-order valence-corrected chi connectivity index (χ1v) is 7.93. The summed E-state index contributed by atoms with van der Waals surface area (Å²) < 4.78 is 15.0. The fraction of sp³-hybridized carbons (Fsp3) is 1.00. The molecule has 0 heterocycles. The smallest absolute Gasteiger partial charge is 0.0972 e. The van der Waals surface area contributed by atoms with E-state index >= 15 is 0 Å². The Morgan fingerprint density at radius 3 is 2.33 bits per heavy atom. The van der Waals surface area contributed by atoms with Crippen molar-refractivity contribution < 1.29 is 4.21 Å². The van der Waals surface area contributed by atoms with Crippen LogP contribution in [0.1, 0.15) is 53.4 Å². The topological polar surface area (TPSA) is 29.1 Å². The van der Waals surface area contributed by atoms with Crippen LogP contribution in [0.5, 0.6) is 0 Å². The van der Waals surface area contributed by atoms with Crippen LogP contribution in [-0.4, -0.2) is 20.3 Å². The van der Waals surface area contributed by atoms with Gasteiger partial charge in [0.05, 0.1) is 15.7 Å². The minimum atomic E-state index is -0.938. The molecule has 2 nitrogen and oxygen atoms in total. The maximum absolute atomic E-state index is 11.9. The van der Waals surface area contributed by atoms with Crippen LogP contribution in [0.3, 0.4) is 0 Å². The largest absolute Gasteiger partial charge is 0.242 e. The number of halogens is 1. The minimum Gasteiger partial charge on any atom is -0.242 e. The van der Waals surface area contributed by atoms with Crippen molar-refractivity contribution in [2.75, 3.05) is 5.33 Å². The maximum atomic E-state index is 11.9. The molecule has 0 rings (SSSR count). The van der Waals surface area contributed by atoms with Crippen LogP contribution in [0, 0.1) is 0 Å². The lowest BCUT2D eigenvalue weighted by atomic mass is 10.1. The van der Waals surface area contributed by atoms with E-state index in [4.69, 9.17) is 0 Å². The summed E-state index contributed by atoms with van der Waals surface area (Å²) >= 11 is 3.43. The zero-order valence-electron chi connectivity index (χ0n) is 10.3. The second-order valence-corrected chi connectivity index (χ2v) is 7.61. The lowest BCUT2D eigenvalue weighted by molar-refractivity contribution is 0.510. The number of nitrogens with one attached hydrogen (secondary N) is 1. The first kappa shape index (κ1) is 15.6. The molecule has 0 bridgehead atoms. The standard InChI is InChI=1S/C11H24BrNOS/c1-5-7-10(8-6-9-12)13-15(14)11(2,3)4/h10,13H,5-9H2,1-4H3/t10-,15+/m0/s1. The van der Waals surface area contributed by atoms with E-state index in [2.05, 4.69) is 27.6 Å². The highest BCUT2D eigenvalue weighted by atomic mass is 79.9. The van der Waals surface area contributed by atoms with Gasteiger partial charge in [-0.2, -0.15) is 0 Å². The predicted octanol–water partition coefficient (Wildman–Crippen LogP) is 3.38. The second-order valence-electron chi connectivity index (χ2n) is 4.82. The highest BCUT2D eigenvalue weighted by Crippen LogP contribution is 2.13. The van der Waals surface area contributed by atoms with Crippen LogP contribution in [-0.2, 0) is 11.0 Å². The molecular formula is C11H24BrNOS. The van der Waals surface area contributed by atoms with Gasteiger partial charge in [0.1, 0.15) is 0 Å². The van der Waals surface area contributed by atoms with E-state index in [0.717, 1.165) is 31.0 Å². The van der Waals surface area contributed by atoms with Gasteiger partial charge in [-0.1, -0.05) is 29.3 Å². The molecule has 0 spiro atoms. The lowest BCUT2D eigenvalue weighted by Crippen LogP contribution is -2.39. The molecule has 0 aromatic heterocycles. The van der Waals surface area contributed by atoms with E-state index in [9.17, 15) is 4.21 Å². The van der Waals surface area contributed by atoms with Crippen molar-refractivity contribution in [2.24, 2.45) is 0 Å². The summed E-state index contributed by atoms with van der Waals surface area (Å²) in [6.07, 6.45) is 4.48. The molecule has 0 amide bonds. The van der Waals surface area contributed by atoms with Gasteiger partial charge in [-0.05, 0) is 40.0 Å². The summed E-state index contributed by atoms with van der Waals surface area (Å²) in [5, 5.41) is 1.02. The SMILES string of the molecule is CCC[C@@H](CCCBr)N[S@](=O)C(C)(C)C. The molecule has 0 saturated carbocycles. The average molecular weight is 298 g/mol. The van der Waals surface area contributed by atoms with Gasteiger partial charge in [-0.3, -0.25) is 0 Å². The van der Waals surface area contributed by atoms with Crippen LogP contribution in [0.2, 0.25) is 0 Å². The van der Waals surface area contributed by atoms with Crippen LogP contribution in [0.4, 0.5) is 0 Å². The number of hydrogen-bond donors (Lipinski definition) is 1. The number of hydrogen-bond acceptors (Lipinski definition) is 1. The first-order valence-electron chi connectivity index (χ1n) is 5.65. The van der Waals surface area contributed by atoms with Crippen molar-refractivity contribution in [1.82, 2.24) is 4.72 Å². The highest BCUT2D eigenvalue weighted by molar-refractivity contribution is 9.09. The molecule has 0 aliphatic rings. The van der Waals surface area contributed by atoms with E-state index in [1.807, 2.05) is 20.8 Å². The third-order valence-electron chi connectivity index (χ3n) is 2.15. The Labute approximate surface area is 105 Å². The van der Waals surface area contributed by atoms with Gasteiger partial charge in [0, 0.05) is 11.4 Å². The molecule has 0 saturated heterocycles. The molecular weight excluding hydrogens is 274 g/mol. The third kappa shape index (κ3) is 7.47. The average Bonchev–Trinajstić information content (AvgIpc) is 2.13. The van der Waals surface area contributed by atoms with Gasteiger partial charge >= 0.3 is 0 Å². The zero-order chi connectivity index (χ0) is 11.9. The molecule has 0 aromatic rings. The third-order valence-corrected chi connectivity index (χ3v) is 4.37. The van der Waals surface area contributed by atoms with Crippen molar-refractivity contribution in [1.29, 1.82) is 0 Å². The lowest BCUT2D eigenvalue weighted by Gasteiger charge is -2.23. The molecule has 0 aromatic carbocycles. The molecule has 15 heavy (non-hydrogen) atoms. The molecule has 0 radical (unpaired) electrons. The van der Waals surface area contributed by atoms with E-state index < -0.39 is 11.0 Å². The fourth-order valence-corrected chi connectivity index (χ4v) is 2.48. The zero-order valence-corrected chi connectivity index (χ0v) is 12.7. The number of alkyl halides is 1. The summed E-state index contributed by atoms with van der Waals surface area (Å²) in [5.41, 5.74) is 0. The van der Waals surface area contributed by atoms with Crippen LogP contribution in [0.15, 0.2) is 0 Å². The van der Waals surface area contributed by atoms with Gasteiger partial charge < -0.3 is 0 Å². The Morgan fingerprint density at radius 2 is 1.93 bits per heavy atom. The summed E-state index contributed by atoms with van der Waals surface area (Å²) in [5.74, 6) is 0. The molecule has 2 atom stereocenters. The van der Waals surface area contributed by atoms with Crippen molar-refractivity contribution >= 4 is 26.9 Å². The minimum absolute atomic E-state index is 0.166. The molecule has 4 heteroatoms. The molecule has 0 aliphatic heterocycles. The van der Waals surface area contributed by atoms with E-state index in [1.165, 1.54) is 0 Å². The van der Waals surface area contributed by atoms with Gasteiger partial charge in [-0.15, -0.1) is 0 Å². The quantitative estimate of drug-likeness (QED) is 0.717. The molecule has 1 N–H and O–H groups in total. The molecule has 0 fully saturated rings. The van der Waals surface area contributed by atoms with Crippen molar-refractivity contribution in [3.05, 3.63) is 0 Å².